The highest BCUT2D eigenvalue weighted by Gasteiger charge is 2.36. The summed E-state index contributed by atoms with van der Waals surface area (Å²) >= 11 is 4.74. The van der Waals surface area contributed by atoms with Gasteiger partial charge < -0.3 is 0 Å². The Kier molecular flexibility index (Phi) is 3.15. The van der Waals surface area contributed by atoms with Crippen molar-refractivity contribution in [3.05, 3.63) is 0 Å². The van der Waals surface area contributed by atoms with Crippen LogP contribution >= 0.6 is 11.6 Å². The molecule has 0 spiro atoms. The quantitative estimate of drug-likeness (QED) is 0.588. The lowest BCUT2D eigenvalue weighted by atomic mass is 10.1. The van der Waals surface area contributed by atoms with Crippen molar-refractivity contribution in [2.75, 3.05) is 0 Å². The highest BCUT2D eigenvalue weighted by Crippen LogP contribution is 2.28. The Morgan fingerprint density at radius 2 is 2.00 bits per heavy atom. The minimum absolute atomic E-state index is 0.648. The van der Waals surface area contributed by atoms with Gasteiger partial charge in [-0.2, -0.15) is 13.2 Å². The van der Waals surface area contributed by atoms with E-state index in [4.69, 9.17) is 11.6 Å². The number of carbonyl (C=O) groups excluding carboxylic acids is 1. The Bertz CT molecular complexity index is 131. The van der Waals surface area contributed by atoms with Crippen molar-refractivity contribution in [2.24, 2.45) is 5.92 Å². The minimum atomic E-state index is -4.31. The zero-order valence-corrected chi connectivity index (χ0v) is 5.96. The van der Waals surface area contributed by atoms with Crippen molar-refractivity contribution in [1.29, 1.82) is 0 Å². The van der Waals surface area contributed by atoms with Crippen molar-refractivity contribution < 1.29 is 18.0 Å². The number of rotatable bonds is 2. The summed E-state index contributed by atoms with van der Waals surface area (Å²) in [5.41, 5.74) is 0. The molecule has 0 aliphatic heterocycles. The van der Waals surface area contributed by atoms with Crippen molar-refractivity contribution in [2.45, 2.75) is 19.5 Å². The summed E-state index contributed by atoms with van der Waals surface area (Å²) in [5, 5.41) is -0.954. The van der Waals surface area contributed by atoms with Gasteiger partial charge in [0.15, 0.2) is 0 Å². The predicted molar refractivity (Wildman–Crippen MR) is 30.7 cm³/mol. The van der Waals surface area contributed by atoms with Crippen LogP contribution < -0.4 is 0 Å². The molecule has 0 heterocycles. The van der Waals surface area contributed by atoms with E-state index in [1.165, 1.54) is 0 Å². The first-order valence-corrected chi connectivity index (χ1v) is 2.97. The smallest absolute Gasteiger partial charge is 0.281 e. The Morgan fingerprint density at radius 1 is 1.60 bits per heavy atom. The topological polar surface area (TPSA) is 17.1 Å². The molecule has 0 aromatic rings. The van der Waals surface area contributed by atoms with Gasteiger partial charge in [0.2, 0.25) is 5.24 Å². The third kappa shape index (κ3) is 3.71. The first-order valence-electron chi connectivity index (χ1n) is 2.59. The zero-order valence-electron chi connectivity index (χ0n) is 5.20. The van der Waals surface area contributed by atoms with Gasteiger partial charge in [0, 0.05) is 6.42 Å². The molecule has 0 N–H and O–H groups in total. The molecule has 0 saturated heterocycles. The van der Waals surface area contributed by atoms with Gasteiger partial charge in [0.1, 0.15) is 0 Å². The van der Waals surface area contributed by atoms with Crippen LogP contribution in [0, 0.1) is 5.92 Å². The molecule has 0 amide bonds. The van der Waals surface area contributed by atoms with Crippen LogP contribution in [-0.2, 0) is 4.79 Å². The third-order valence-corrected chi connectivity index (χ3v) is 1.18. The average Bonchev–Trinajstić information content (AvgIpc) is 1.60. The Hall–Kier alpha value is -0.250. The second-order valence-corrected chi connectivity index (χ2v) is 2.42. The SMILES string of the molecule is C[C@@H](CC(=O)Cl)C(F)(F)F. The van der Waals surface area contributed by atoms with Crippen molar-refractivity contribution >= 4 is 16.8 Å². The molecule has 1 nitrogen and oxygen atoms in total. The molecule has 0 unspecified atom stereocenters. The molecule has 0 fully saturated rings. The highest BCUT2D eigenvalue weighted by atomic mass is 35.5. The molecule has 0 saturated carbocycles. The maximum absolute atomic E-state index is 11.6. The number of alkyl halides is 3. The lowest BCUT2D eigenvalue weighted by Gasteiger charge is -2.12. The summed E-state index contributed by atoms with van der Waals surface area (Å²) in [6.07, 6.45) is -4.96. The van der Waals surface area contributed by atoms with E-state index in [-0.39, 0.29) is 0 Å². The van der Waals surface area contributed by atoms with Gasteiger partial charge >= 0.3 is 6.18 Å². The molecular weight excluding hydrogens is 169 g/mol. The molecule has 0 rings (SSSR count). The third-order valence-electron chi connectivity index (χ3n) is 1.03. The fourth-order valence-electron chi connectivity index (χ4n) is 0.356. The highest BCUT2D eigenvalue weighted by molar-refractivity contribution is 6.63. The zero-order chi connectivity index (χ0) is 8.36. The molecule has 0 radical (unpaired) electrons. The summed E-state index contributed by atoms with van der Waals surface area (Å²) in [6.45, 7) is 0.917. The molecule has 0 bridgehead atoms. The standard InChI is InChI=1S/C5H6ClF3O/c1-3(2-4(6)10)5(7,8)9/h3H,2H2,1H3/t3-/m0/s1. The van der Waals surface area contributed by atoms with E-state index in [0.29, 0.717) is 0 Å². The van der Waals surface area contributed by atoms with Crippen LogP contribution in [0.25, 0.3) is 0 Å². The second-order valence-electron chi connectivity index (χ2n) is 2.00. The van der Waals surface area contributed by atoms with Gasteiger partial charge in [0.25, 0.3) is 0 Å². The second kappa shape index (κ2) is 3.23. The molecule has 0 aromatic heterocycles. The van der Waals surface area contributed by atoms with E-state index in [0.717, 1.165) is 6.92 Å². The number of hydrogen-bond acceptors (Lipinski definition) is 1. The molecule has 5 heteroatoms. The van der Waals surface area contributed by atoms with Crippen LogP contribution in [0.2, 0.25) is 0 Å². The first-order chi connectivity index (χ1) is 4.34. The van der Waals surface area contributed by atoms with Gasteiger partial charge in [-0.05, 0) is 11.6 Å². The normalized spacial score (nSPS) is 14.9. The summed E-state index contributed by atoms with van der Waals surface area (Å²) in [7, 11) is 0. The minimum Gasteiger partial charge on any atom is -0.281 e. The van der Waals surface area contributed by atoms with E-state index in [1.807, 2.05) is 0 Å². The fourth-order valence-corrected chi connectivity index (χ4v) is 0.588. The van der Waals surface area contributed by atoms with Crippen LogP contribution in [0.15, 0.2) is 0 Å². The summed E-state index contributed by atoms with van der Waals surface area (Å²) in [6, 6.07) is 0. The molecule has 1 atom stereocenters. The van der Waals surface area contributed by atoms with Crippen LogP contribution in [0.1, 0.15) is 13.3 Å². The lowest BCUT2D eigenvalue weighted by Crippen LogP contribution is -2.21. The molecule has 10 heavy (non-hydrogen) atoms. The Morgan fingerprint density at radius 3 is 2.10 bits per heavy atom. The lowest BCUT2D eigenvalue weighted by molar-refractivity contribution is -0.172. The summed E-state index contributed by atoms with van der Waals surface area (Å²) in [5.74, 6) is -1.64. The number of carbonyl (C=O) groups is 1. The molecular formula is C5H6ClF3O. The van der Waals surface area contributed by atoms with E-state index >= 15 is 0 Å². The fraction of sp³-hybridized carbons (Fsp3) is 0.800. The molecule has 0 aromatic carbocycles. The van der Waals surface area contributed by atoms with Gasteiger partial charge in [-0.3, -0.25) is 4.79 Å². The van der Waals surface area contributed by atoms with E-state index in [9.17, 15) is 18.0 Å². The van der Waals surface area contributed by atoms with Crippen LogP contribution in [0.4, 0.5) is 13.2 Å². The Labute approximate surface area is 61.2 Å². The van der Waals surface area contributed by atoms with Gasteiger partial charge in [-0.25, -0.2) is 0 Å². The van der Waals surface area contributed by atoms with Gasteiger partial charge in [-0.15, -0.1) is 0 Å². The largest absolute Gasteiger partial charge is 0.392 e. The molecule has 0 aliphatic rings. The number of hydrogen-bond donors (Lipinski definition) is 0. The maximum Gasteiger partial charge on any atom is 0.392 e. The van der Waals surface area contributed by atoms with Gasteiger partial charge in [-0.1, -0.05) is 6.92 Å². The van der Waals surface area contributed by atoms with Crippen molar-refractivity contribution in [3.63, 3.8) is 0 Å². The van der Waals surface area contributed by atoms with Crippen LogP contribution in [0.5, 0.6) is 0 Å². The maximum atomic E-state index is 11.6. The van der Waals surface area contributed by atoms with Crippen molar-refractivity contribution in [1.82, 2.24) is 0 Å². The van der Waals surface area contributed by atoms with Crippen LogP contribution in [-0.4, -0.2) is 11.4 Å². The number of halogens is 4. The summed E-state index contributed by atoms with van der Waals surface area (Å²) in [4.78, 5) is 9.97. The first kappa shape index (κ1) is 9.75. The van der Waals surface area contributed by atoms with E-state index in [1.54, 1.807) is 0 Å². The van der Waals surface area contributed by atoms with Crippen LogP contribution in [0.3, 0.4) is 0 Å². The summed E-state index contributed by atoms with van der Waals surface area (Å²) < 4.78 is 34.8. The average molecular weight is 175 g/mol. The molecule has 60 valence electrons. The molecule has 0 aliphatic carbocycles. The van der Waals surface area contributed by atoms with E-state index < -0.39 is 23.8 Å². The van der Waals surface area contributed by atoms with E-state index in [2.05, 4.69) is 0 Å². The van der Waals surface area contributed by atoms with Crippen molar-refractivity contribution in [3.8, 4) is 0 Å². The monoisotopic (exact) mass is 174 g/mol. The Balaban J connectivity index is 3.85. The van der Waals surface area contributed by atoms with Gasteiger partial charge in [0.05, 0.1) is 5.92 Å². The predicted octanol–water partition coefficient (Wildman–Crippen LogP) is 2.34.